The number of benzene rings is 2. The number of aliphatic hydroxyl groups excluding tert-OH is 1. The summed E-state index contributed by atoms with van der Waals surface area (Å²) in [5, 5.41) is 21.2. The van der Waals surface area contributed by atoms with E-state index in [1.807, 2.05) is 25.1 Å². The number of ether oxygens (including phenoxy) is 1. The average molecular weight is 386 g/mol. The molecule has 1 aliphatic rings. The summed E-state index contributed by atoms with van der Waals surface area (Å²) in [7, 11) is 0. The average Bonchev–Trinajstić information content (AvgIpc) is 3.05. The normalized spacial score (nSPS) is 25.8. The van der Waals surface area contributed by atoms with E-state index in [4.69, 9.17) is 4.74 Å². The third-order valence-corrected chi connectivity index (χ3v) is 6.32. The quantitative estimate of drug-likeness (QED) is 0.689. The molecule has 3 unspecified atom stereocenters. The van der Waals surface area contributed by atoms with Gasteiger partial charge in [-0.3, -0.25) is 0 Å². The lowest BCUT2D eigenvalue weighted by Crippen LogP contribution is -2.44. The van der Waals surface area contributed by atoms with Crippen molar-refractivity contribution >= 4 is 21.4 Å². The standard InChI is InChI=1S/C22H23FO3S/c1-14-11-22(25,13-24)12-20(26-14)15-6-7-19(23)17(8-15)10-18-9-16-4-2-3-5-21(16)27-18/h2-9,14,20,24-25H,10-13H2,1H3. The Morgan fingerprint density at radius 2 is 2.00 bits per heavy atom. The Hall–Kier alpha value is -1.79. The summed E-state index contributed by atoms with van der Waals surface area (Å²) in [6.07, 6.45) is 0.702. The highest BCUT2D eigenvalue weighted by Gasteiger charge is 2.38. The third-order valence-electron chi connectivity index (χ3n) is 5.21. The van der Waals surface area contributed by atoms with Crippen molar-refractivity contribution in [2.24, 2.45) is 0 Å². The van der Waals surface area contributed by atoms with Crippen LogP contribution in [0.2, 0.25) is 0 Å². The summed E-state index contributed by atoms with van der Waals surface area (Å²) in [4.78, 5) is 1.11. The molecule has 1 fully saturated rings. The van der Waals surface area contributed by atoms with Crippen molar-refractivity contribution < 1.29 is 19.3 Å². The van der Waals surface area contributed by atoms with Gasteiger partial charge < -0.3 is 14.9 Å². The van der Waals surface area contributed by atoms with Gasteiger partial charge in [-0.15, -0.1) is 11.3 Å². The molecule has 4 rings (SSSR count). The van der Waals surface area contributed by atoms with E-state index in [0.29, 0.717) is 24.8 Å². The molecule has 0 spiro atoms. The van der Waals surface area contributed by atoms with Gasteiger partial charge in [0.2, 0.25) is 0 Å². The Balaban J connectivity index is 1.61. The third kappa shape index (κ3) is 3.92. The van der Waals surface area contributed by atoms with Crippen LogP contribution in [-0.4, -0.2) is 28.5 Å². The zero-order chi connectivity index (χ0) is 19.0. The highest BCUT2D eigenvalue weighted by atomic mass is 32.1. The van der Waals surface area contributed by atoms with E-state index in [0.717, 1.165) is 10.4 Å². The summed E-state index contributed by atoms with van der Waals surface area (Å²) in [5.41, 5.74) is 0.307. The van der Waals surface area contributed by atoms with Crippen LogP contribution in [0.5, 0.6) is 0 Å². The number of aliphatic hydroxyl groups is 2. The van der Waals surface area contributed by atoms with Crippen molar-refractivity contribution in [2.75, 3.05) is 6.61 Å². The maximum atomic E-state index is 14.4. The highest BCUT2D eigenvalue weighted by Crippen LogP contribution is 2.38. The van der Waals surface area contributed by atoms with Gasteiger partial charge in [0.25, 0.3) is 0 Å². The SMILES string of the molecule is CC1CC(O)(CO)CC(c2ccc(F)c(Cc3cc4ccccc4s3)c2)O1. The van der Waals surface area contributed by atoms with Gasteiger partial charge in [0, 0.05) is 28.8 Å². The van der Waals surface area contributed by atoms with Gasteiger partial charge in [-0.2, -0.15) is 0 Å². The van der Waals surface area contributed by atoms with Crippen LogP contribution in [0.1, 0.15) is 41.9 Å². The van der Waals surface area contributed by atoms with Gasteiger partial charge in [0.15, 0.2) is 0 Å². The Labute approximate surface area is 162 Å². The van der Waals surface area contributed by atoms with Gasteiger partial charge in [-0.05, 0) is 47.7 Å². The largest absolute Gasteiger partial charge is 0.393 e. The number of rotatable bonds is 4. The van der Waals surface area contributed by atoms with Gasteiger partial charge in [0.05, 0.1) is 24.4 Å². The van der Waals surface area contributed by atoms with E-state index < -0.39 is 5.60 Å². The smallest absolute Gasteiger partial charge is 0.126 e. The number of fused-ring (bicyclic) bond motifs is 1. The van der Waals surface area contributed by atoms with Crippen LogP contribution in [0.15, 0.2) is 48.5 Å². The summed E-state index contributed by atoms with van der Waals surface area (Å²) in [5.74, 6) is -0.238. The molecule has 3 nitrogen and oxygen atoms in total. The van der Waals surface area contributed by atoms with Crippen molar-refractivity contribution in [1.29, 1.82) is 0 Å². The van der Waals surface area contributed by atoms with Crippen molar-refractivity contribution in [3.8, 4) is 0 Å². The molecule has 5 heteroatoms. The van der Waals surface area contributed by atoms with Crippen LogP contribution in [0.4, 0.5) is 4.39 Å². The van der Waals surface area contributed by atoms with E-state index in [-0.39, 0.29) is 24.6 Å². The first kappa shape index (κ1) is 18.6. The van der Waals surface area contributed by atoms with Crippen molar-refractivity contribution in [2.45, 2.75) is 44.0 Å². The lowest BCUT2D eigenvalue weighted by molar-refractivity contribution is -0.155. The minimum Gasteiger partial charge on any atom is -0.393 e. The van der Waals surface area contributed by atoms with Crippen LogP contribution in [0.25, 0.3) is 10.1 Å². The van der Waals surface area contributed by atoms with Crippen molar-refractivity contribution in [3.63, 3.8) is 0 Å². The first-order valence-corrected chi connectivity index (χ1v) is 10.0. The summed E-state index contributed by atoms with van der Waals surface area (Å²) in [6.45, 7) is 1.58. The van der Waals surface area contributed by atoms with Crippen LogP contribution in [0, 0.1) is 5.82 Å². The van der Waals surface area contributed by atoms with Crippen LogP contribution < -0.4 is 0 Å². The zero-order valence-electron chi connectivity index (χ0n) is 15.2. The molecule has 2 heterocycles. The molecule has 1 saturated heterocycles. The fourth-order valence-corrected chi connectivity index (χ4v) is 5.00. The van der Waals surface area contributed by atoms with Crippen molar-refractivity contribution in [3.05, 3.63) is 70.4 Å². The number of hydrogen-bond acceptors (Lipinski definition) is 4. The molecule has 0 amide bonds. The van der Waals surface area contributed by atoms with E-state index in [2.05, 4.69) is 18.2 Å². The maximum absolute atomic E-state index is 14.4. The summed E-state index contributed by atoms with van der Waals surface area (Å²) in [6, 6.07) is 15.3. The van der Waals surface area contributed by atoms with Gasteiger partial charge in [-0.25, -0.2) is 4.39 Å². The van der Waals surface area contributed by atoms with Gasteiger partial charge in [0.1, 0.15) is 5.82 Å². The van der Waals surface area contributed by atoms with Gasteiger partial charge >= 0.3 is 0 Å². The van der Waals surface area contributed by atoms with Gasteiger partial charge in [-0.1, -0.05) is 24.3 Å². The van der Waals surface area contributed by atoms with Crippen molar-refractivity contribution in [1.82, 2.24) is 0 Å². The summed E-state index contributed by atoms with van der Waals surface area (Å²) < 4.78 is 21.6. The number of hydrogen-bond donors (Lipinski definition) is 2. The molecule has 1 aromatic heterocycles. The monoisotopic (exact) mass is 386 g/mol. The van der Waals surface area contributed by atoms with Crippen LogP contribution in [-0.2, 0) is 11.2 Å². The molecule has 142 valence electrons. The molecule has 0 saturated carbocycles. The Bertz CT molecular complexity index is 921. The van der Waals surface area contributed by atoms with E-state index in [9.17, 15) is 14.6 Å². The van der Waals surface area contributed by atoms with Crippen LogP contribution in [0.3, 0.4) is 0 Å². The molecule has 3 aromatic rings. The topological polar surface area (TPSA) is 49.7 Å². The second kappa shape index (κ2) is 7.32. The molecule has 0 radical (unpaired) electrons. The Morgan fingerprint density at radius 3 is 2.78 bits per heavy atom. The lowest BCUT2D eigenvalue weighted by Gasteiger charge is -2.39. The van der Waals surface area contributed by atoms with Crippen LogP contribution >= 0.6 is 11.3 Å². The fraction of sp³-hybridized carbons (Fsp3) is 0.364. The molecular formula is C22H23FO3S. The molecular weight excluding hydrogens is 363 g/mol. The number of halogens is 1. The molecule has 2 N–H and O–H groups in total. The predicted molar refractivity (Wildman–Crippen MR) is 106 cm³/mol. The molecule has 2 aromatic carbocycles. The molecule has 3 atom stereocenters. The Kier molecular flexibility index (Phi) is 5.03. The lowest BCUT2D eigenvalue weighted by atomic mass is 9.85. The van der Waals surface area contributed by atoms with E-state index >= 15 is 0 Å². The van der Waals surface area contributed by atoms with E-state index in [1.54, 1.807) is 17.4 Å². The Morgan fingerprint density at radius 1 is 1.19 bits per heavy atom. The molecule has 0 bridgehead atoms. The number of thiophene rings is 1. The summed E-state index contributed by atoms with van der Waals surface area (Å²) >= 11 is 1.68. The second-order valence-electron chi connectivity index (χ2n) is 7.50. The first-order valence-electron chi connectivity index (χ1n) is 9.20. The second-order valence-corrected chi connectivity index (χ2v) is 8.67. The highest BCUT2D eigenvalue weighted by molar-refractivity contribution is 7.19. The minimum atomic E-state index is -1.15. The van der Waals surface area contributed by atoms with E-state index in [1.165, 1.54) is 16.2 Å². The maximum Gasteiger partial charge on any atom is 0.126 e. The first-order chi connectivity index (χ1) is 13.0. The fourth-order valence-electron chi connectivity index (χ4n) is 3.91. The zero-order valence-corrected chi connectivity index (χ0v) is 16.0. The minimum absolute atomic E-state index is 0.169. The molecule has 1 aliphatic heterocycles. The molecule has 0 aliphatic carbocycles. The molecule has 27 heavy (non-hydrogen) atoms. The predicted octanol–water partition coefficient (Wildman–Crippen LogP) is 4.59.